The van der Waals surface area contributed by atoms with Crippen molar-refractivity contribution >= 4 is 5.97 Å². The summed E-state index contributed by atoms with van der Waals surface area (Å²) in [6.07, 6.45) is 0. The quantitative estimate of drug-likeness (QED) is 0.691. The molecule has 3 heteroatoms. The number of aromatic nitrogens is 1. The van der Waals surface area contributed by atoms with Gasteiger partial charge in [-0.3, -0.25) is 0 Å². The molecular formula is C9H13NO2. The van der Waals surface area contributed by atoms with Gasteiger partial charge in [-0.15, -0.1) is 0 Å². The molecule has 0 atom stereocenters. The predicted molar refractivity (Wildman–Crippen MR) is 46.6 cm³/mol. The van der Waals surface area contributed by atoms with Crippen molar-refractivity contribution in [3.8, 4) is 0 Å². The molecule has 0 radical (unpaired) electrons. The average Bonchev–Trinajstić information content (AvgIpc) is 2.16. The van der Waals surface area contributed by atoms with Crippen LogP contribution in [-0.2, 0) is 7.05 Å². The average molecular weight is 167 g/mol. The summed E-state index contributed by atoms with van der Waals surface area (Å²) in [5.41, 5.74) is 3.14. The first kappa shape index (κ1) is 8.84. The molecule has 0 spiro atoms. The van der Waals surface area contributed by atoms with E-state index in [0.29, 0.717) is 5.56 Å². The van der Waals surface area contributed by atoms with Crippen LogP contribution < -0.4 is 0 Å². The van der Waals surface area contributed by atoms with Crippen molar-refractivity contribution < 1.29 is 9.90 Å². The third kappa shape index (κ3) is 1.02. The number of carbonyl (C=O) groups is 1. The van der Waals surface area contributed by atoms with Crippen molar-refractivity contribution in [3.63, 3.8) is 0 Å². The SMILES string of the molecule is Cc1c(C(=O)O)c(C)n(C)c1C. The molecule has 0 saturated heterocycles. The molecule has 1 aromatic heterocycles. The molecule has 0 unspecified atom stereocenters. The van der Waals surface area contributed by atoms with Crippen LogP contribution in [0.4, 0.5) is 0 Å². The molecule has 0 fully saturated rings. The number of nitrogens with zero attached hydrogens (tertiary/aromatic N) is 1. The maximum Gasteiger partial charge on any atom is 0.337 e. The molecule has 3 nitrogen and oxygen atoms in total. The second-order valence-corrected chi connectivity index (χ2v) is 3.03. The lowest BCUT2D eigenvalue weighted by molar-refractivity contribution is 0.0695. The Labute approximate surface area is 71.6 Å². The molecule has 1 rings (SSSR count). The van der Waals surface area contributed by atoms with Gasteiger partial charge in [0.1, 0.15) is 0 Å². The van der Waals surface area contributed by atoms with E-state index in [1.165, 1.54) is 0 Å². The Morgan fingerprint density at radius 1 is 1.25 bits per heavy atom. The van der Waals surface area contributed by atoms with E-state index in [0.717, 1.165) is 17.0 Å². The standard InChI is InChI=1S/C9H13NO2/c1-5-6(2)10(4)7(3)8(5)9(11)12/h1-4H3,(H,11,12). The van der Waals surface area contributed by atoms with Crippen LogP contribution in [0, 0.1) is 20.8 Å². The van der Waals surface area contributed by atoms with Gasteiger partial charge in [0.25, 0.3) is 0 Å². The van der Waals surface area contributed by atoms with Crippen LogP contribution in [0.5, 0.6) is 0 Å². The molecule has 0 aliphatic heterocycles. The highest BCUT2D eigenvalue weighted by Crippen LogP contribution is 2.19. The van der Waals surface area contributed by atoms with Gasteiger partial charge in [-0.05, 0) is 26.3 Å². The molecule has 66 valence electrons. The van der Waals surface area contributed by atoms with Crippen molar-refractivity contribution in [2.45, 2.75) is 20.8 Å². The molecule has 0 saturated carbocycles. The van der Waals surface area contributed by atoms with Crippen LogP contribution in [0.3, 0.4) is 0 Å². The van der Waals surface area contributed by atoms with E-state index < -0.39 is 5.97 Å². The van der Waals surface area contributed by atoms with Crippen LogP contribution in [0.1, 0.15) is 27.3 Å². The van der Waals surface area contributed by atoms with Crippen molar-refractivity contribution in [1.82, 2.24) is 4.57 Å². The minimum absolute atomic E-state index is 0.440. The van der Waals surface area contributed by atoms with Crippen LogP contribution >= 0.6 is 0 Å². The Balaban J connectivity index is 3.48. The summed E-state index contributed by atoms with van der Waals surface area (Å²) < 4.78 is 1.90. The summed E-state index contributed by atoms with van der Waals surface area (Å²) >= 11 is 0. The van der Waals surface area contributed by atoms with E-state index >= 15 is 0 Å². The fourth-order valence-electron chi connectivity index (χ4n) is 1.44. The zero-order valence-electron chi connectivity index (χ0n) is 7.80. The van der Waals surface area contributed by atoms with Gasteiger partial charge in [-0.2, -0.15) is 0 Å². The van der Waals surface area contributed by atoms with Gasteiger partial charge in [-0.25, -0.2) is 4.79 Å². The van der Waals surface area contributed by atoms with E-state index in [4.69, 9.17) is 5.11 Å². The first-order chi connectivity index (χ1) is 5.46. The molecule has 0 aliphatic carbocycles. The summed E-state index contributed by atoms with van der Waals surface area (Å²) in [4.78, 5) is 10.8. The normalized spacial score (nSPS) is 10.3. The van der Waals surface area contributed by atoms with Gasteiger partial charge in [0, 0.05) is 18.4 Å². The van der Waals surface area contributed by atoms with E-state index in [2.05, 4.69) is 0 Å². The predicted octanol–water partition coefficient (Wildman–Crippen LogP) is 1.65. The largest absolute Gasteiger partial charge is 0.478 e. The molecule has 0 amide bonds. The van der Waals surface area contributed by atoms with Crippen molar-refractivity contribution in [3.05, 3.63) is 22.5 Å². The lowest BCUT2D eigenvalue weighted by atomic mass is 10.1. The Morgan fingerprint density at radius 2 is 1.75 bits per heavy atom. The van der Waals surface area contributed by atoms with Crippen LogP contribution in [0.15, 0.2) is 0 Å². The fraction of sp³-hybridized carbons (Fsp3) is 0.444. The second-order valence-electron chi connectivity index (χ2n) is 3.03. The summed E-state index contributed by atoms with van der Waals surface area (Å²) in [5, 5.41) is 8.87. The number of hydrogen-bond acceptors (Lipinski definition) is 1. The molecule has 1 N–H and O–H groups in total. The van der Waals surface area contributed by atoms with Crippen molar-refractivity contribution in [2.75, 3.05) is 0 Å². The Kier molecular flexibility index (Phi) is 1.96. The summed E-state index contributed by atoms with van der Waals surface area (Å²) in [5.74, 6) is -0.839. The van der Waals surface area contributed by atoms with Crippen LogP contribution in [0.25, 0.3) is 0 Å². The zero-order chi connectivity index (χ0) is 9.46. The van der Waals surface area contributed by atoms with E-state index in [1.807, 2.05) is 32.4 Å². The minimum Gasteiger partial charge on any atom is -0.478 e. The molecule has 1 aromatic rings. The van der Waals surface area contributed by atoms with Crippen LogP contribution in [-0.4, -0.2) is 15.6 Å². The summed E-state index contributed by atoms with van der Waals surface area (Å²) in [7, 11) is 1.88. The van der Waals surface area contributed by atoms with Gasteiger partial charge in [0.2, 0.25) is 0 Å². The highest BCUT2D eigenvalue weighted by Gasteiger charge is 2.17. The Bertz CT molecular complexity index is 311. The minimum atomic E-state index is -0.839. The maximum absolute atomic E-state index is 10.8. The molecule has 0 bridgehead atoms. The highest BCUT2D eigenvalue weighted by molar-refractivity contribution is 5.91. The van der Waals surface area contributed by atoms with Gasteiger partial charge in [-0.1, -0.05) is 0 Å². The van der Waals surface area contributed by atoms with Gasteiger partial charge >= 0.3 is 5.97 Å². The Morgan fingerprint density at radius 3 is 1.92 bits per heavy atom. The number of aromatic carboxylic acids is 1. The third-order valence-corrected chi connectivity index (χ3v) is 2.50. The zero-order valence-corrected chi connectivity index (χ0v) is 7.80. The highest BCUT2D eigenvalue weighted by atomic mass is 16.4. The maximum atomic E-state index is 10.8. The smallest absolute Gasteiger partial charge is 0.337 e. The number of rotatable bonds is 1. The van der Waals surface area contributed by atoms with Gasteiger partial charge in [0.05, 0.1) is 5.56 Å². The van der Waals surface area contributed by atoms with Crippen molar-refractivity contribution in [2.24, 2.45) is 7.05 Å². The topological polar surface area (TPSA) is 42.2 Å². The lowest BCUT2D eigenvalue weighted by Gasteiger charge is -1.98. The first-order valence-electron chi connectivity index (χ1n) is 3.82. The lowest BCUT2D eigenvalue weighted by Crippen LogP contribution is -2.00. The van der Waals surface area contributed by atoms with E-state index in [9.17, 15) is 4.79 Å². The number of carboxylic acid groups (broad SMARTS) is 1. The van der Waals surface area contributed by atoms with Crippen molar-refractivity contribution in [1.29, 1.82) is 0 Å². The van der Waals surface area contributed by atoms with Gasteiger partial charge < -0.3 is 9.67 Å². The Hall–Kier alpha value is -1.25. The van der Waals surface area contributed by atoms with E-state index in [-0.39, 0.29) is 0 Å². The molecule has 1 heterocycles. The first-order valence-corrected chi connectivity index (χ1v) is 3.82. The van der Waals surface area contributed by atoms with E-state index in [1.54, 1.807) is 0 Å². The van der Waals surface area contributed by atoms with Gasteiger partial charge in [0.15, 0.2) is 0 Å². The fourth-order valence-corrected chi connectivity index (χ4v) is 1.44. The summed E-state index contributed by atoms with van der Waals surface area (Å²) in [6.45, 7) is 5.59. The second kappa shape index (κ2) is 2.66. The number of carboxylic acids is 1. The molecule has 0 aliphatic rings. The monoisotopic (exact) mass is 167 g/mol. The molecule has 12 heavy (non-hydrogen) atoms. The number of hydrogen-bond donors (Lipinski definition) is 1. The van der Waals surface area contributed by atoms with Crippen LogP contribution in [0.2, 0.25) is 0 Å². The third-order valence-electron chi connectivity index (χ3n) is 2.50. The molecule has 0 aromatic carbocycles. The summed E-state index contributed by atoms with van der Waals surface area (Å²) in [6, 6.07) is 0. The molecular weight excluding hydrogens is 154 g/mol.